The number of nitrogens with zero attached hydrogens (tertiary/aromatic N) is 3. The van der Waals surface area contributed by atoms with Crippen LogP contribution in [-0.2, 0) is 11.2 Å². The molecule has 2 heterocycles. The van der Waals surface area contributed by atoms with Gasteiger partial charge in [-0.3, -0.25) is 10.0 Å². The van der Waals surface area contributed by atoms with Gasteiger partial charge in [0, 0.05) is 37.4 Å². The minimum absolute atomic E-state index is 0.0601. The van der Waals surface area contributed by atoms with Gasteiger partial charge in [-0.1, -0.05) is 12.1 Å². The molecule has 2 atom stereocenters. The number of piperidine rings is 1. The van der Waals surface area contributed by atoms with Gasteiger partial charge in [-0.2, -0.15) is 0 Å². The van der Waals surface area contributed by atoms with Crippen molar-refractivity contribution in [2.75, 3.05) is 24.5 Å². The SMILES string of the molecule is O=C(Cc1cnc(N2CCC(CNC3CC3c3ccc(F)cc3)CC2)nc1)NO. The maximum atomic E-state index is 13.0. The molecule has 0 bridgehead atoms. The summed E-state index contributed by atoms with van der Waals surface area (Å²) in [7, 11) is 0. The Morgan fingerprint density at radius 3 is 2.52 bits per heavy atom. The van der Waals surface area contributed by atoms with Crippen LogP contribution in [0.3, 0.4) is 0 Å². The molecule has 0 radical (unpaired) electrons. The highest BCUT2D eigenvalue weighted by atomic mass is 19.1. The first-order chi connectivity index (χ1) is 14.1. The number of rotatable bonds is 7. The molecule has 2 aromatic rings. The van der Waals surface area contributed by atoms with Crippen molar-refractivity contribution in [2.24, 2.45) is 5.92 Å². The first-order valence-corrected chi connectivity index (χ1v) is 10.1. The minimum atomic E-state index is -0.480. The number of benzene rings is 1. The predicted molar refractivity (Wildman–Crippen MR) is 106 cm³/mol. The topological polar surface area (TPSA) is 90.4 Å². The maximum Gasteiger partial charge on any atom is 0.247 e. The standard InChI is InChI=1S/C21H26FN5O2/c22-17-3-1-16(2-4-17)18-10-19(18)23-11-14-5-7-27(8-6-14)21-24-12-15(13-25-21)9-20(28)26-29/h1-4,12-14,18-19,23,29H,5-11H2,(H,26,28). The van der Waals surface area contributed by atoms with E-state index in [0.717, 1.165) is 38.9 Å². The molecule has 1 aliphatic carbocycles. The number of halogens is 1. The zero-order chi connectivity index (χ0) is 20.2. The summed E-state index contributed by atoms with van der Waals surface area (Å²) in [5.41, 5.74) is 3.49. The van der Waals surface area contributed by atoms with Crippen molar-refractivity contribution in [3.8, 4) is 0 Å². The molecule has 1 saturated carbocycles. The quantitative estimate of drug-likeness (QED) is 0.488. The van der Waals surface area contributed by atoms with E-state index in [0.29, 0.717) is 29.4 Å². The first kappa shape index (κ1) is 19.7. The van der Waals surface area contributed by atoms with Gasteiger partial charge in [0.15, 0.2) is 0 Å². The lowest BCUT2D eigenvalue weighted by atomic mass is 9.97. The summed E-state index contributed by atoms with van der Waals surface area (Å²) in [5.74, 6) is 1.17. The van der Waals surface area contributed by atoms with Crippen LogP contribution in [0.1, 0.15) is 36.3 Å². The van der Waals surface area contributed by atoms with E-state index in [1.807, 2.05) is 12.1 Å². The molecule has 3 N–H and O–H groups in total. The Morgan fingerprint density at radius 1 is 1.17 bits per heavy atom. The summed E-state index contributed by atoms with van der Waals surface area (Å²) < 4.78 is 13.0. The van der Waals surface area contributed by atoms with Crippen molar-refractivity contribution in [3.63, 3.8) is 0 Å². The molecular formula is C21H26FN5O2. The van der Waals surface area contributed by atoms with E-state index in [1.54, 1.807) is 17.9 Å². The number of hydroxylamine groups is 1. The van der Waals surface area contributed by atoms with Gasteiger partial charge in [0.2, 0.25) is 11.9 Å². The summed E-state index contributed by atoms with van der Waals surface area (Å²) in [6.45, 7) is 2.83. The lowest BCUT2D eigenvalue weighted by molar-refractivity contribution is -0.128. The molecule has 154 valence electrons. The number of anilines is 1. The molecular weight excluding hydrogens is 373 g/mol. The third-order valence-electron chi connectivity index (χ3n) is 5.84. The second-order valence-corrected chi connectivity index (χ2v) is 7.94. The van der Waals surface area contributed by atoms with Crippen LogP contribution in [-0.4, -0.2) is 46.8 Å². The van der Waals surface area contributed by atoms with E-state index in [4.69, 9.17) is 5.21 Å². The molecule has 2 aliphatic rings. The summed E-state index contributed by atoms with van der Waals surface area (Å²) in [5, 5.41) is 12.2. The molecule has 29 heavy (non-hydrogen) atoms. The highest BCUT2D eigenvalue weighted by Gasteiger charge is 2.38. The Labute approximate surface area is 169 Å². The Hall–Kier alpha value is -2.58. The third-order valence-corrected chi connectivity index (χ3v) is 5.84. The van der Waals surface area contributed by atoms with Crippen LogP contribution in [0.4, 0.5) is 10.3 Å². The third kappa shape index (κ3) is 5.07. The van der Waals surface area contributed by atoms with Crippen molar-refractivity contribution < 1.29 is 14.4 Å². The van der Waals surface area contributed by atoms with Crippen molar-refractivity contribution in [3.05, 3.63) is 53.6 Å². The number of carbonyl (C=O) groups excluding carboxylic acids is 1. The summed E-state index contributed by atoms with van der Waals surface area (Å²) >= 11 is 0. The van der Waals surface area contributed by atoms with E-state index in [-0.39, 0.29) is 12.2 Å². The van der Waals surface area contributed by atoms with Crippen LogP contribution in [0.15, 0.2) is 36.7 Å². The van der Waals surface area contributed by atoms with Crippen LogP contribution in [0.2, 0.25) is 0 Å². The van der Waals surface area contributed by atoms with Crippen molar-refractivity contribution >= 4 is 11.9 Å². The molecule has 1 aromatic heterocycles. The Kier molecular flexibility index (Phi) is 6.01. The van der Waals surface area contributed by atoms with Gasteiger partial charge in [-0.05, 0) is 55.0 Å². The van der Waals surface area contributed by atoms with Gasteiger partial charge in [0.25, 0.3) is 0 Å². The lowest BCUT2D eigenvalue weighted by Crippen LogP contribution is -2.38. The zero-order valence-electron chi connectivity index (χ0n) is 16.2. The van der Waals surface area contributed by atoms with E-state index >= 15 is 0 Å². The maximum absolute atomic E-state index is 13.0. The van der Waals surface area contributed by atoms with Gasteiger partial charge >= 0.3 is 0 Å². The lowest BCUT2D eigenvalue weighted by Gasteiger charge is -2.32. The molecule has 8 heteroatoms. The largest absolute Gasteiger partial charge is 0.341 e. The van der Waals surface area contributed by atoms with Gasteiger partial charge in [0.05, 0.1) is 6.42 Å². The van der Waals surface area contributed by atoms with Crippen LogP contribution < -0.4 is 15.7 Å². The minimum Gasteiger partial charge on any atom is -0.341 e. The summed E-state index contributed by atoms with van der Waals surface area (Å²) in [4.78, 5) is 22.1. The fourth-order valence-electron chi connectivity index (χ4n) is 3.98. The molecule has 1 aromatic carbocycles. The number of carbonyl (C=O) groups is 1. The Morgan fingerprint density at radius 2 is 1.86 bits per heavy atom. The fraction of sp³-hybridized carbons (Fsp3) is 0.476. The van der Waals surface area contributed by atoms with Crippen molar-refractivity contribution in [1.29, 1.82) is 0 Å². The number of hydrogen-bond acceptors (Lipinski definition) is 6. The van der Waals surface area contributed by atoms with Crippen molar-refractivity contribution in [2.45, 2.75) is 37.6 Å². The monoisotopic (exact) mass is 399 g/mol. The van der Waals surface area contributed by atoms with Crippen LogP contribution in [0.25, 0.3) is 0 Å². The van der Waals surface area contributed by atoms with Crippen LogP contribution in [0, 0.1) is 11.7 Å². The average molecular weight is 399 g/mol. The van der Waals surface area contributed by atoms with Gasteiger partial charge in [-0.25, -0.2) is 19.8 Å². The smallest absolute Gasteiger partial charge is 0.247 e. The van der Waals surface area contributed by atoms with E-state index in [1.165, 1.54) is 17.7 Å². The summed E-state index contributed by atoms with van der Waals surface area (Å²) in [6, 6.07) is 7.36. The van der Waals surface area contributed by atoms with E-state index in [2.05, 4.69) is 20.2 Å². The Bertz CT molecular complexity index is 822. The molecule has 1 aliphatic heterocycles. The Balaban J connectivity index is 1.19. The molecule has 7 nitrogen and oxygen atoms in total. The number of hydrogen-bond donors (Lipinski definition) is 3. The molecule has 1 amide bonds. The second kappa shape index (κ2) is 8.84. The number of nitrogens with one attached hydrogen (secondary N) is 2. The van der Waals surface area contributed by atoms with Crippen LogP contribution >= 0.6 is 0 Å². The zero-order valence-corrected chi connectivity index (χ0v) is 16.2. The highest BCUT2D eigenvalue weighted by molar-refractivity contribution is 5.77. The van der Waals surface area contributed by atoms with Gasteiger partial charge in [0.1, 0.15) is 5.82 Å². The second-order valence-electron chi connectivity index (χ2n) is 7.94. The van der Waals surface area contributed by atoms with E-state index < -0.39 is 5.91 Å². The summed E-state index contributed by atoms with van der Waals surface area (Å²) in [6.07, 6.45) is 6.61. The number of aromatic nitrogens is 2. The molecule has 4 rings (SSSR count). The van der Waals surface area contributed by atoms with E-state index in [9.17, 15) is 9.18 Å². The predicted octanol–water partition coefficient (Wildman–Crippen LogP) is 2.03. The molecule has 1 saturated heterocycles. The van der Waals surface area contributed by atoms with Crippen LogP contribution in [0.5, 0.6) is 0 Å². The fourth-order valence-corrected chi connectivity index (χ4v) is 3.98. The average Bonchev–Trinajstić information content (AvgIpc) is 3.53. The highest BCUT2D eigenvalue weighted by Crippen LogP contribution is 2.41. The molecule has 2 unspecified atom stereocenters. The van der Waals surface area contributed by atoms with Gasteiger partial charge < -0.3 is 10.2 Å². The van der Waals surface area contributed by atoms with Gasteiger partial charge in [-0.15, -0.1) is 0 Å². The molecule has 0 spiro atoms. The first-order valence-electron chi connectivity index (χ1n) is 10.1. The normalized spacial score (nSPS) is 21.8. The molecule has 2 fully saturated rings. The van der Waals surface area contributed by atoms with Crippen molar-refractivity contribution in [1.82, 2.24) is 20.8 Å². The number of amides is 1.